The van der Waals surface area contributed by atoms with Crippen LogP contribution in [0.5, 0.6) is 0 Å². The van der Waals surface area contributed by atoms with Crippen molar-refractivity contribution in [1.82, 2.24) is 15.3 Å². The van der Waals surface area contributed by atoms with Crippen LogP contribution < -0.4 is 15.5 Å². The van der Waals surface area contributed by atoms with E-state index in [1.54, 1.807) is 13.2 Å². The lowest BCUT2D eigenvalue weighted by Gasteiger charge is -2.22. The Balaban J connectivity index is 2.96. The summed E-state index contributed by atoms with van der Waals surface area (Å²) in [4.78, 5) is 21.9. The molecule has 0 aliphatic carbocycles. The van der Waals surface area contributed by atoms with Crippen LogP contribution in [0, 0.1) is 0 Å². The summed E-state index contributed by atoms with van der Waals surface area (Å²) in [5.41, 5.74) is 0. The van der Waals surface area contributed by atoms with Gasteiger partial charge in [-0.3, -0.25) is 4.79 Å². The molecule has 1 amide bonds. The fourth-order valence-electron chi connectivity index (χ4n) is 1.41. The predicted octanol–water partition coefficient (Wildman–Crippen LogP) is 1.24. The molecular formula is C11H18BrN5O. The topological polar surface area (TPSA) is 70.2 Å². The number of amides is 1. The minimum absolute atomic E-state index is 0.0487. The van der Waals surface area contributed by atoms with Gasteiger partial charge in [0.1, 0.15) is 5.82 Å². The monoisotopic (exact) mass is 315 g/mol. The Morgan fingerprint density at radius 3 is 2.78 bits per heavy atom. The number of likely N-dealkylation sites (N-methyl/N-ethyl adjacent to an activating group) is 2. The molecule has 0 bridgehead atoms. The maximum Gasteiger partial charge on any atom is 0.239 e. The second kappa shape index (κ2) is 7.15. The first-order valence-corrected chi connectivity index (χ1v) is 6.63. The summed E-state index contributed by atoms with van der Waals surface area (Å²) < 4.78 is 0.773. The molecule has 1 heterocycles. The molecule has 0 aliphatic rings. The maximum atomic E-state index is 11.4. The Labute approximate surface area is 115 Å². The van der Waals surface area contributed by atoms with E-state index in [-0.39, 0.29) is 12.5 Å². The highest BCUT2D eigenvalue weighted by Gasteiger charge is 2.14. The largest absolute Gasteiger partial charge is 0.358 e. The highest BCUT2D eigenvalue weighted by atomic mass is 79.9. The fourth-order valence-corrected chi connectivity index (χ4v) is 1.85. The van der Waals surface area contributed by atoms with Gasteiger partial charge in [0.25, 0.3) is 0 Å². The lowest BCUT2D eigenvalue weighted by atomic mass is 10.4. The summed E-state index contributed by atoms with van der Waals surface area (Å²) in [6.07, 6.45) is 1.69. The van der Waals surface area contributed by atoms with Crippen molar-refractivity contribution < 1.29 is 4.79 Å². The highest BCUT2D eigenvalue weighted by molar-refractivity contribution is 9.10. The van der Waals surface area contributed by atoms with Crippen LogP contribution in [-0.4, -0.2) is 42.6 Å². The first-order valence-electron chi connectivity index (χ1n) is 5.84. The number of nitrogens with zero attached hydrogens (tertiary/aromatic N) is 3. The minimum Gasteiger partial charge on any atom is -0.358 e. The summed E-state index contributed by atoms with van der Waals surface area (Å²) in [7, 11) is 1.62. The van der Waals surface area contributed by atoms with Crippen LogP contribution >= 0.6 is 15.9 Å². The normalized spacial score (nSPS) is 10.0. The molecule has 0 atom stereocenters. The number of carbonyl (C=O) groups excluding carboxylic acids is 1. The zero-order valence-electron chi connectivity index (χ0n) is 10.8. The number of halogens is 1. The summed E-state index contributed by atoms with van der Waals surface area (Å²) in [5, 5.41) is 5.65. The van der Waals surface area contributed by atoms with Crippen molar-refractivity contribution in [2.75, 3.05) is 36.9 Å². The number of rotatable bonds is 6. The smallest absolute Gasteiger partial charge is 0.239 e. The Morgan fingerprint density at radius 1 is 1.50 bits per heavy atom. The van der Waals surface area contributed by atoms with Gasteiger partial charge >= 0.3 is 0 Å². The van der Waals surface area contributed by atoms with E-state index in [0.29, 0.717) is 18.3 Å². The van der Waals surface area contributed by atoms with Crippen molar-refractivity contribution in [2.24, 2.45) is 0 Å². The van der Waals surface area contributed by atoms with Crippen LogP contribution in [0.1, 0.15) is 13.8 Å². The third-order valence-corrected chi connectivity index (χ3v) is 2.91. The molecule has 0 aliphatic heterocycles. The Morgan fingerprint density at radius 2 is 2.22 bits per heavy atom. The molecule has 2 N–H and O–H groups in total. The lowest BCUT2D eigenvalue weighted by molar-refractivity contribution is -0.119. The van der Waals surface area contributed by atoms with Gasteiger partial charge in [-0.15, -0.1) is 0 Å². The number of aromatic nitrogens is 2. The van der Waals surface area contributed by atoms with Crippen molar-refractivity contribution in [2.45, 2.75) is 13.8 Å². The SMILES string of the molecule is CCNc1ncc(Br)c(N(CC)CC(=O)NC)n1. The summed E-state index contributed by atoms with van der Waals surface area (Å²) in [6, 6.07) is 0. The predicted molar refractivity (Wildman–Crippen MR) is 75.8 cm³/mol. The van der Waals surface area contributed by atoms with Crippen LogP contribution in [0.4, 0.5) is 11.8 Å². The van der Waals surface area contributed by atoms with Crippen molar-refractivity contribution >= 4 is 33.6 Å². The molecule has 18 heavy (non-hydrogen) atoms. The van der Waals surface area contributed by atoms with E-state index in [4.69, 9.17) is 0 Å². The van der Waals surface area contributed by atoms with E-state index < -0.39 is 0 Å². The second-order valence-electron chi connectivity index (χ2n) is 3.58. The Bertz CT molecular complexity index is 412. The Hall–Kier alpha value is -1.37. The van der Waals surface area contributed by atoms with E-state index in [1.807, 2.05) is 18.7 Å². The highest BCUT2D eigenvalue weighted by Crippen LogP contribution is 2.23. The molecule has 0 saturated carbocycles. The second-order valence-corrected chi connectivity index (χ2v) is 4.44. The molecule has 1 aromatic heterocycles. The van der Waals surface area contributed by atoms with Crippen LogP contribution in [-0.2, 0) is 4.79 Å². The number of anilines is 2. The zero-order valence-corrected chi connectivity index (χ0v) is 12.4. The summed E-state index contributed by atoms with van der Waals surface area (Å²) in [6.45, 7) is 5.67. The average molecular weight is 316 g/mol. The molecule has 0 aromatic carbocycles. The number of carbonyl (C=O) groups is 1. The average Bonchev–Trinajstić information content (AvgIpc) is 2.38. The quantitative estimate of drug-likeness (QED) is 0.826. The molecule has 1 aromatic rings. The maximum absolute atomic E-state index is 11.4. The van der Waals surface area contributed by atoms with Gasteiger partial charge in [-0.2, -0.15) is 4.98 Å². The third kappa shape index (κ3) is 3.83. The van der Waals surface area contributed by atoms with Gasteiger partial charge in [-0.25, -0.2) is 4.98 Å². The zero-order chi connectivity index (χ0) is 13.5. The van der Waals surface area contributed by atoms with E-state index in [9.17, 15) is 4.79 Å². The van der Waals surface area contributed by atoms with E-state index in [0.717, 1.165) is 11.0 Å². The molecule has 0 fully saturated rings. The Kier molecular flexibility index (Phi) is 5.84. The van der Waals surface area contributed by atoms with Crippen molar-refractivity contribution in [3.8, 4) is 0 Å². The van der Waals surface area contributed by atoms with Gasteiger partial charge < -0.3 is 15.5 Å². The van der Waals surface area contributed by atoms with Crippen LogP contribution in [0.25, 0.3) is 0 Å². The minimum atomic E-state index is -0.0487. The van der Waals surface area contributed by atoms with Crippen LogP contribution in [0.15, 0.2) is 10.7 Å². The van der Waals surface area contributed by atoms with Crippen molar-refractivity contribution in [3.05, 3.63) is 10.7 Å². The molecule has 0 spiro atoms. The van der Waals surface area contributed by atoms with Gasteiger partial charge in [-0.05, 0) is 29.8 Å². The first kappa shape index (κ1) is 14.7. The lowest BCUT2D eigenvalue weighted by Crippen LogP contribution is -2.36. The molecule has 100 valence electrons. The molecule has 0 saturated heterocycles. The van der Waals surface area contributed by atoms with Gasteiger partial charge in [0.05, 0.1) is 11.0 Å². The number of hydrogen-bond acceptors (Lipinski definition) is 5. The molecule has 6 nitrogen and oxygen atoms in total. The standard InChI is InChI=1S/C11H18BrN5O/c1-4-14-11-15-6-8(12)10(16-11)17(5-2)7-9(18)13-3/h6H,4-5,7H2,1-3H3,(H,13,18)(H,14,15,16). The molecular weight excluding hydrogens is 298 g/mol. The van der Waals surface area contributed by atoms with Crippen molar-refractivity contribution in [3.63, 3.8) is 0 Å². The molecule has 1 rings (SSSR count). The number of hydrogen-bond donors (Lipinski definition) is 2. The van der Waals surface area contributed by atoms with Gasteiger partial charge in [0.2, 0.25) is 11.9 Å². The van der Waals surface area contributed by atoms with Crippen LogP contribution in [0.3, 0.4) is 0 Å². The molecule has 0 radical (unpaired) electrons. The van der Waals surface area contributed by atoms with E-state index in [2.05, 4.69) is 36.5 Å². The van der Waals surface area contributed by atoms with Gasteiger partial charge in [0.15, 0.2) is 0 Å². The third-order valence-electron chi connectivity index (χ3n) is 2.36. The van der Waals surface area contributed by atoms with E-state index >= 15 is 0 Å². The van der Waals surface area contributed by atoms with Gasteiger partial charge in [-0.1, -0.05) is 0 Å². The number of nitrogens with one attached hydrogen (secondary N) is 2. The van der Waals surface area contributed by atoms with Crippen LogP contribution in [0.2, 0.25) is 0 Å². The molecule has 0 unspecified atom stereocenters. The van der Waals surface area contributed by atoms with Crippen molar-refractivity contribution in [1.29, 1.82) is 0 Å². The summed E-state index contributed by atoms with van der Waals surface area (Å²) in [5.74, 6) is 1.23. The van der Waals surface area contributed by atoms with E-state index in [1.165, 1.54) is 0 Å². The first-order chi connectivity index (χ1) is 8.62. The van der Waals surface area contributed by atoms with Gasteiger partial charge in [0, 0.05) is 26.3 Å². The molecule has 7 heteroatoms. The fraction of sp³-hybridized carbons (Fsp3) is 0.545. The summed E-state index contributed by atoms with van der Waals surface area (Å²) >= 11 is 3.41.